The number of methoxy groups -OCH3 is 1. The fourth-order valence-electron chi connectivity index (χ4n) is 6.79. The number of hydrogen-bond acceptors (Lipinski definition) is 8. The van der Waals surface area contributed by atoms with E-state index in [1.807, 2.05) is 0 Å². The van der Waals surface area contributed by atoms with Crippen molar-refractivity contribution >= 4 is 42.6 Å². The Morgan fingerprint density at radius 1 is 1.16 bits per heavy atom. The molecule has 7 nitrogen and oxygen atoms in total. The summed E-state index contributed by atoms with van der Waals surface area (Å²) in [4.78, 5) is 5.18. The van der Waals surface area contributed by atoms with Gasteiger partial charge in [-0.05, 0) is 54.8 Å². The Kier molecular flexibility index (Phi) is 8.28. The van der Waals surface area contributed by atoms with E-state index in [9.17, 15) is 21.6 Å². The number of rotatable bonds is 7. The van der Waals surface area contributed by atoms with Gasteiger partial charge < -0.3 is 20.1 Å². The fraction of sp³-hybridized carbons (Fsp3) is 0.500. The minimum Gasteiger partial charge on any atom is -0.495 e. The van der Waals surface area contributed by atoms with Gasteiger partial charge in [0.05, 0.1) is 53.4 Å². The summed E-state index contributed by atoms with van der Waals surface area (Å²) < 4.78 is 76.9. The largest absolute Gasteiger partial charge is 0.495 e. The first-order valence-electron chi connectivity index (χ1n) is 14.7. The maximum Gasteiger partial charge on any atom is 0.393 e. The first kappa shape index (κ1) is 31.0. The molecule has 44 heavy (non-hydrogen) atoms. The number of benzene rings is 2. The standard InChI is InChI=1S/C32H36F3N3O4S2/c1-41-28-15-23(44(2,39)40)12-13-27(28)38(22-10-8-21(9-11-22)37-17-31(18-37)19-42-20-31)14-4-7-29-25(16-32(33,34)35)24-5-3-6-26(36)30(24)43-29/h3,5-6,12-13,15,21-22H,8-11,14,16-20,36H2,1-2H3. The number of hydrogen-bond donors (Lipinski definition) is 1. The first-order chi connectivity index (χ1) is 20.9. The summed E-state index contributed by atoms with van der Waals surface area (Å²) in [6.45, 7) is 4.11. The van der Waals surface area contributed by atoms with Crippen molar-refractivity contribution in [2.45, 2.75) is 55.3 Å². The zero-order chi connectivity index (χ0) is 31.3. The average molecular weight is 648 g/mol. The molecule has 2 aromatic carbocycles. The number of thiophene rings is 1. The lowest BCUT2D eigenvalue weighted by molar-refractivity contribution is -0.200. The third-order valence-electron chi connectivity index (χ3n) is 9.08. The highest BCUT2D eigenvalue weighted by Gasteiger charge is 2.51. The first-order valence-corrected chi connectivity index (χ1v) is 17.4. The second-order valence-corrected chi connectivity index (χ2v) is 15.4. The minimum atomic E-state index is -4.39. The van der Waals surface area contributed by atoms with E-state index in [2.05, 4.69) is 21.6 Å². The Morgan fingerprint density at radius 2 is 1.89 bits per heavy atom. The van der Waals surface area contributed by atoms with Gasteiger partial charge in [0.1, 0.15) is 5.75 Å². The van der Waals surface area contributed by atoms with E-state index >= 15 is 0 Å². The van der Waals surface area contributed by atoms with E-state index in [-0.39, 0.29) is 23.0 Å². The van der Waals surface area contributed by atoms with Crippen LogP contribution in [-0.2, 0) is 21.0 Å². The van der Waals surface area contributed by atoms with Crippen LogP contribution in [0.1, 0.15) is 36.1 Å². The molecule has 1 aromatic heterocycles. The molecule has 2 aliphatic heterocycles. The van der Waals surface area contributed by atoms with Gasteiger partial charge in [-0.25, -0.2) is 8.42 Å². The quantitative estimate of drug-likeness (QED) is 0.268. The molecule has 0 atom stereocenters. The van der Waals surface area contributed by atoms with E-state index in [1.165, 1.54) is 24.5 Å². The number of ether oxygens (including phenoxy) is 2. The molecule has 2 saturated heterocycles. The summed E-state index contributed by atoms with van der Waals surface area (Å²) in [5.41, 5.74) is 7.74. The summed E-state index contributed by atoms with van der Waals surface area (Å²) >= 11 is 1.18. The Labute approximate surface area is 260 Å². The van der Waals surface area contributed by atoms with E-state index in [4.69, 9.17) is 15.2 Å². The van der Waals surface area contributed by atoms with Gasteiger partial charge in [0.2, 0.25) is 0 Å². The molecular formula is C32H36F3N3O4S2. The highest BCUT2D eigenvalue weighted by atomic mass is 32.2. The number of nitrogens with zero attached hydrogens (tertiary/aromatic N) is 2. The van der Waals surface area contributed by atoms with Gasteiger partial charge in [0, 0.05) is 48.6 Å². The number of sulfone groups is 1. The smallest absolute Gasteiger partial charge is 0.393 e. The number of nitrogen functional groups attached to an aromatic ring is 1. The van der Waals surface area contributed by atoms with Gasteiger partial charge in [0.25, 0.3) is 0 Å². The average Bonchev–Trinajstić information content (AvgIpc) is 3.26. The molecule has 236 valence electrons. The molecule has 3 heterocycles. The van der Waals surface area contributed by atoms with Crippen LogP contribution in [0.5, 0.6) is 5.75 Å². The molecule has 0 bridgehead atoms. The van der Waals surface area contributed by atoms with Crippen molar-refractivity contribution in [1.82, 2.24) is 4.90 Å². The zero-order valence-electron chi connectivity index (χ0n) is 24.7. The van der Waals surface area contributed by atoms with Crippen molar-refractivity contribution in [3.05, 3.63) is 46.8 Å². The van der Waals surface area contributed by atoms with Gasteiger partial charge in [-0.1, -0.05) is 24.0 Å². The Hall–Kier alpha value is -2.98. The minimum absolute atomic E-state index is 0.105. The predicted octanol–water partition coefficient (Wildman–Crippen LogP) is 5.50. The Balaban J connectivity index is 1.29. The summed E-state index contributed by atoms with van der Waals surface area (Å²) in [6, 6.07) is 10.4. The third kappa shape index (κ3) is 6.25. The van der Waals surface area contributed by atoms with Crippen LogP contribution in [-0.4, -0.2) is 77.8 Å². The second kappa shape index (κ2) is 11.7. The van der Waals surface area contributed by atoms with Crippen LogP contribution in [0.2, 0.25) is 0 Å². The molecule has 1 spiro atoms. The van der Waals surface area contributed by atoms with Crippen LogP contribution >= 0.6 is 11.3 Å². The molecule has 1 saturated carbocycles. The molecule has 0 radical (unpaired) electrons. The highest BCUT2D eigenvalue weighted by molar-refractivity contribution is 7.90. The molecule has 3 aromatic rings. The lowest BCUT2D eigenvalue weighted by atomic mass is 9.75. The van der Waals surface area contributed by atoms with Gasteiger partial charge in [-0.3, -0.25) is 4.90 Å². The van der Waals surface area contributed by atoms with E-state index < -0.39 is 22.4 Å². The van der Waals surface area contributed by atoms with Crippen LogP contribution in [0.4, 0.5) is 24.5 Å². The van der Waals surface area contributed by atoms with Crippen molar-refractivity contribution in [3.8, 4) is 17.6 Å². The van der Waals surface area contributed by atoms with Crippen molar-refractivity contribution in [1.29, 1.82) is 0 Å². The van der Waals surface area contributed by atoms with Crippen LogP contribution in [0, 0.1) is 17.3 Å². The van der Waals surface area contributed by atoms with Crippen molar-refractivity contribution in [2.75, 3.05) is 56.8 Å². The number of likely N-dealkylation sites (tertiary alicyclic amines) is 1. The number of nitrogens with two attached hydrogens (primary N) is 1. The fourth-order valence-corrected chi connectivity index (χ4v) is 8.55. The topological polar surface area (TPSA) is 85.1 Å². The molecule has 0 amide bonds. The maximum absolute atomic E-state index is 13.6. The number of alkyl halides is 3. The van der Waals surface area contributed by atoms with Crippen LogP contribution in [0.15, 0.2) is 41.3 Å². The van der Waals surface area contributed by atoms with Crippen molar-refractivity contribution in [3.63, 3.8) is 0 Å². The van der Waals surface area contributed by atoms with Gasteiger partial charge in [-0.2, -0.15) is 13.2 Å². The number of anilines is 2. The van der Waals surface area contributed by atoms with Crippen LogP contribution in [0.3, 0.4) is 0 Å². The summed E-state index contributed by atoms with van der Waals surface area (Å²) in [6.07, 6.45) is -0.488. The van der Waals surface area contributed by atoms with Gasteiger partial charge in [0.15, 0.2) is 9.84 Å². The zero-order valence-corrected chi connectivity index (χ0v) is 26.4. The van der Waals surface area contributed by atoms with Crippen molar-refractivity contribution < 1.29 is 31.1 Å². The lowest BCUT2D eigenvalue weighted by Gasteiger charge is -2.58. The molecule has 3 fully saturated rings. The van der Waals surface area contributed by atoms with E-state index in [0.717, 1.165) is 58.2 Å². The highest BCUT2D eigenvalue weighted by Crippen LogP contribution is 2.43. The predicted molar refractivity (Wildman–Crippen MR) is 167 cm³/mol. The molecule has 1 aliphatic carbocycles. The van der Waals surface area contributed by atoms with Gasteiger partial charge in [-0.15, -0.1) is 11.3 Å². The molecule has 6 rings (SSSR count). The monoisotopic (exact) mass is 647 g/mol. The van der Waals surface area contributed by atoms with E-state index in [1.54, 1.807) is 30.3 Å². The number of halogens is 3. The summed E-state index contributed by atoms with van der Waals surface area (Å²) in [5, 5.41) is 0.478. The van der Waals surface area contributed by atoms with E-state index in [0.29, 0.717) is 43.5 Å². The molecular weight excluding hydrogens is 611 g/mol. The maximum atomic E-state index is 13.6. The lowest BCUT2D eigenvalue weighted by Crippen LogP contribution is -2.68. The van der Waals surface area contributed by atoms with Crippen LogP contribution < -0.4 is 15.4 Å². The second-order valence-electron chi connectivity index (χ2n) is 12.3. The van der Waals surface area contributed by atoms with Crippen LogP contribution in [0.25, 0.3) is 10.1 Å². The Bertz CT molecular complexity index is 1710. The molecule has 2 N–H and O–H groups in total. The molecule has 0 unspecified atom stereocenters. The SMILES string of the molecule is COc1cc(S(C)(=O)=O)ccc1N(CC#Cc1sc2c(N)cccc2c1CC(F)(F)F)C1CCC(N2CC3(COC3)C2)CC1. The summed E-state index contributed by atoms with van der Waals surface area (Å²) in [5.74, 6) is 6.62. The summed E-state index contributed by atoms with van der Waals surface area (Å²) in [7, 11) is -1.95. The van der Waals surface area contributed by atoms with Crippen molar-refractivity contribution in [2.24, 2.45) is 5.41 Å². The third-order valence-corrected chi connectivity index (χ3v) is 11.4. The normalized spacial score (nSPS) is 21.8. The molecule has 12 heteroatoms. The molecule has 3 aliphatic rings. The Morgan fingerprint density at radius 3 is 2.50 bits per heavy atom. The number of fused-ring (bicyclic) bond motifs is 1. The van der Waals surface area contributed by atoms with Gasteiger partial charge >= 0.3 is 6.18 Å².